The molecule has 1 aromatic rings. The van der Waals surface area contributed by atoms with E-state index in [1.165, 1.54) is 0 Å². The van der Waals surface area contributed by atoms with Gasteiger partial charge in [-0.05, 0) is 11.5 Å². The van der Waals surface area contributed by atoms with Crippen molar-refractivity contribution in [3.63, 3.8) is 0 Å². The van der Waals surface area contributed by atoms with Gasteiger partial charge in [0.05, 0.1) is 6.54 Å². The Labute approximate surface area is 120 Å². The number of hydrogen-bond acceptors (Lipinski definition) is 2. The van der Waals surface area contributed by atoms with Crippen molar-refractivity contribution in [2.45, 2.75) is 32.7 Å². The molecule has 1 fully saturated rings. The minimum absolute atomic E-state index is 0.00250. The van der Waals surface area contributed by atoms with Gasteiger partial charge in [0.2, 0.25) is 11.8 Å². The van der Waals surface area contributed by atoms with Crippen LogP contribution in [0.15, 0.2) is 30.3 Å². The van der Waals surface area contributed by atoms with Crippen LogP contribution in [0, 0.1) is 5.92 Å². The largest absolute Gasteiger partial charge is 0.339 e. The fourth-order valence-electron chi connectivity index (χ4n) is 2.59. The van der Waals surface area contributed by atoms with Gasteiger partial charge < -0.3 is 10.2 Å². The van der Waals surface area contributed by atoms with E-state index in [1.54, 1.807) is 4.90 Å². The molecule has 1 aliphatic heterocycles. The molecule has 4 heteroatoms. The van der Waals surface area contributed by atoms with Crippen LogP contribution in [0.3, 0.4) is 0 Å². The Bertz CT molecular complexity index is 469. The summed E-state index contributed by atoms with van der Waals surface area (Å²) >= 11 is 0. The lowest BCUT2D eigenvalue weighted by Crippen LogP contribution is -2.54. The lowest BCUT2D eigenvalue weighted by molar-refractivity contribution is -0.145. The van der Waals surface area contributed by atoms with Crippen LogP contribution in [0.5, 0.6) is 0 Å². The third-order valence-electron chi connectivity index (χ3n) is 3.96. The van der Waals surface area contributed by atoms with Gasteiger partial charge >= 0.3 is 0 Å². The number of piperazine rings is 1. The van der Waals surface area contributed by atoms with Crippen LogP contribution in [0.2, 0.25) is 0 Å². The molecule has 1 aliphatic rings. The molecule has 4 nitrogen and oxygen atoms in total. The Kier molecular flexibility index (Phi) is 4.77. The second-order valence-corrected chi connectivity index (χ2v) is 5.31. The first-order valence-corrected chi connectivity index (χ1v) is 7.28. The predicted octanol–water partition coefficient (Wildman–Crippen LogP) is 2.12. The van der Waals surface area contributed by atoms with Gasteiger partial charge in [-0.25, -0.2) is 0 Å². The van der Waals surface area contributed by atoms with Crippen LogP contribution in [0.1, 0.15) is 38.3 Å². The number of rotatable bonds is 5. The molecule has 20 heavy (non-hydrogen) atoms. The summed E-state index contributed by atoms with van der Waals surface area (Å²) in [6.07, 6.45) is 2.05. The molecule has 0 radical (unpaired) electrons. The highest BCUT2D eigenvalue weighted by Crippen LogP contribution is 2.21. The molecular weight excluding hydrogens is 252 g/mol. The fourth-order valence-corrected chi connectivity index (χ4v) is 2.59. The second kappa shape index (κ2) is 6.55. The molecule has 0 spiro atoms. The van der Waals surface area contributed by atoms with E-state index in [2.05, 4.69) is 19.2 Å². The molecule has 0 aliphatic carbocycles. The maximum absolute atomic E-state index is 12.6. The Balaban J connectivity index is 2.15. The normalized spacial score (nSPS) is 19.4. The minimum Gasteiger partial charge on any atom is -0.339 e. The summed E-state index contributed by atoms with van der Waals surface area (Å²) in [6.45, 7) is 5.09. The Morgan fingerprint density at radius 1 is 1.20 bits per heavy atom. The highest BCUT2D eigenvalue weighted by molar-refractivity contribution is 5.95. The third-order valence-corrected chi connectivity index (χ3v) is 3.96. The van der Waals surface area contributed by atoms with E-state index >= 15 is 0 Å². The van der Waals surface area contributed by atoms with E-state index in [9.17, 15) is 9.59 Å². The molecular formula is C16H22N2O2. The third kappa shape index (κ3) is 3.18. The van der Waals surface area contributed by atoms with Gasteiger partial charge in [0.1, 0.15) is 6.04 Å². The van der Waals surface area contributed by atoms with Crippen molar-refractivity contribution < 1.29 is 9.59 Å². The molecule has 1 unspecified atom stereocenters. The summed E-state index contributed by atoms with van der Waals surface area (Å²) in [4.78, 5) is 26.1. The summed E-state index contributed by atoms with van der Waals surface area (Å²) in [7, 11) is 0. The smallest absolute Gasteiger partial charge is 0.250 e. The number of benzene rings is 1. The van der Waals surface area contributed by atoms with Crippen molar-refractivity contribution in [1.29, 1.82) is 0 Å². The van der Waals surface area contributed by atoms with Crippen molar-refractivity contribution >= 4 is 11.8 Å². The fraction of sp³-hybridized carbons (Fsp3) is 0.500. The predicted molar refractivity (Wildman–Crippen MR) is 78.0 cm³/mol. The van der Waals surface area contributed by atoms with Gasteiger partial charge in [0.15, 0.2) is 0 Å². The highest BCUT2D eigenvalue weighted by Gasteiger charge is 2.34. The first-order chi connectivity index (χ1) is 9.65. The average Bonchev–Trinajstić information content (AvgIpc) is 2.48. The van der Waals surface area contributed by atoms with Gasteiger partial charge in [0, 0.05) is 6.54 Å². The maximum Gasteiger partial charge on any atom is 0.250 e. The van der Waals surface area contributed by atoms with Crippen molar-refractivity contribution in [2.75, 3.05) is 13.1 Å². The molecule has 2 rings (SSSR count). The van der Waals surface area contributed by atoms with Crippen molar-refractivity contribution in [1.82, 2.24) is 10.2 Å². The van der Waals surface area contributed by atoms with Crippen molar-refractivity contribution in [3.05, 3.63) is 35.9 Å². The van der Waals surface area contributed by atoms with Crippen LogP contribution in [0.4, 0.5) is 0 Å². The number of carbonyl (C=O) groups excluding carboxylic acids is 2. The van der Waals surface area contributed by atoms with E-state index < -0.39 is 6.04 Å². The number of hydrogen-bond donors (Lipinski definition) is 1. The lowest BCUT2D eigenvalue weighted by atomic mass is 9.99. The van der Waals surface area contributed by atoms with Gasteiger partial charge in [-0.15, -0.1) is 0 Å². The molecule has 1 heterocycles. The van der Waals surface area contributed by atoms with Crippen molar-refractivity contribution in [3.8, 4) is 0 Å². The molecule has 1 saturated heterocycles. The monoisotopic (exact) mass is 274 g/mol. The highest BCUT2D eigenvalue weighted by atomic mass is 16.2. The topological polar surface area (TPSA) is 49.4 Å². The quantitative estimate of drug-likeness (QED) is 0.894. The van der Waals surface area contributed by atoms with E-state index in [0.29, 0.717) is 12.5 Å². The Hall–Kier alpha value is -1.84. The van der Waals surface area contributed by atoms with E-state index in [1.807, 2.05) is 30.3 Å². The van der Waals surface area contributed by atoms with Gasteiger partial charge in [0.25, 0.3) is 0 Å². The average molecular weight is 274 g/mol. The zero-order valence-electron chi connectivity index (χ0n) is 12.1. The first-order valence-electron chi connectivity index (χ1n) is 7.28. The van der Waals surface area contributed by atoms with Crippen LogP contribution in [-0.2, 0) is 9.59 Å². The number of carbonyl (C=O) groups is 2. The summed E-state index contributed by atoms with van der Waals surface area (Å²) in [6, 6.07) is 8.89. The van der Waals surface area contributed by atoms with Gasteiger partial charge in [-0.2, -0.15) is 0 Å². The van der Waals surface area contributed by atoms with E-state index in [4.69, 9.17) is 0 Å². The maximum atomic E-state index is 12.6. The summed E-state index contributed by atoms with van der Waals surface area (Å²) in [5, 5.41) is 2.79. The zero-order chi connectivity index (χ0) is 14.5. The molecule has 0 aromatic heterocycles. The van der Waals surface area contributed by atoms with Gasteiger partial charge in [-0.1, -0.05) is 57.0 Å². The van der Waals surface area contributed by atoms with Crippen LogP contribution in [-0.4, -0.2) is 29.8 Å². The summed E-state index contributed by atoms with van der Waals surface area (Å²) in [5.41, 5.74) is 0.847. The molecule has 0 saturated carbocycles. The molecule has 1 N–H and O–H groups in total. The molecule has 1 atom stereocenters. The molecule has 1 aromatic carbocycles. The SMILES string of the molecule is CCC(CC)CN1CC(=O)NC(c2ccccc2)C1=O. The lowest BCUT2D eigenvalue weighted by Gasteiger charge is -2.34. The second-order valence-electron chi connectivity index (χ2n) is 5.31. The summed E-state index contributed by atoms with van der Waals surface area (Å²) in [5.74, 6) is 0.383. The Morgan fingerprint density at radius 2 is 1.85 bits per heavy atom. The van der Waals surface area contributed by atoms with E-state index in [0.717, 1.165) is 18.4 Å². The minimum atomic E-state index is -0.535. The molecule has 2 amide bonds. The van der Waals surface area contributed by atoms with E-state index in [-0.39, 0.29) is 18.4 Å². The number of nitrogens with one attached hydrogen (secondary N) is 1. The van der Waals surface area contributed by atoms with Crippen LogP contribution >= 0.6 is 0 Å². The Morgan fingerprint density at radius 3 is 2.45 bits per heavy atom. The van der Waals surface area contributed by atoms with Gasteiger partial charge in [-0.3, -0.25) is 9.59 Å². The number of nitrogens with zero attached hydrogens (tertiary/aromatic N) is 1. The van der Waals surface area contributed by atoms with Crippen LogP contribution in [0.25, 0.3) is 0 Å². The first kappa shape index (κ1) is 14.6. The number of amides is 2. The molecule has 108 valence electrons. The molecule has 0 bridgehead atoms. The zero-order valence-corrected chi connectivity index (χ0v) is 12.1. The van der Waals surface area contributed by atoms with Crippen LogP contribution < -0.4 is 5.32 Å². The standard InChI is InChI=1S/C16H22N2O2/c1-3-12(4-2)10-18-11-14(19)17-15(16(18)20)13-8-6-5-7-9-13/h5-9,12,15H,3-4,10-11H2,1-2H3,(H,17,19). The van der Waals surface area contributed by atoms with Crippen molar-refractivity contribution in [2.24, 2.45) is 5.92 Å². The summed E-state index contributed by atoms with van der Waals surface area (Å²) < 4.78 is 0.